The lowest BCUT2D eigenvalue weighted by Crippen LogP contribution is -2.10. The van der Waals surface area contributed by atoms with Gasteiger partial charge in [0.15, 0.2) is 6.29 Å². The first-order valence-corrected chi connectivity index (χ1v) is 8.65. The summed E-state index contributed by atoms with van der Waals surface area (Å²) in [4.78, 5) is 23.3. The quantitative estimate of drug-likeness (QED) is 0.442. The molecular formula is C21H20O6. The molecule has 0 spiro atoms. The van der Waals surface area contributed by atoms with Crippen molar-refractivity contribution in [3.63, 3.8) is 0 Å². The highest BCUT2D eigenvalue weighted by Crippen LogP contribution is 2.38. The van der Waals surface area contributed by atoms with Gasteiger partial charge in [0, 0.05) is 12.2 Å². The number of rotatable bonds is 6. The van der Waals surface area contributed by atoms with E-state index in [4.69, 9.17) is 18.9 Å². The third kappa shape index (κ3) is 5.03. The molecule has 0 saturated carbocycles. The van der Waals surface area contributed by atoms with Crippen LogP contribution in [-0.2, 0) is 23.8 Å². The molecule has 6 heteroatoms. The fourth-order valence-corrected chi connectivity index (χ4v) is 2.65. The van der Waals surface area contributed by atoms with E-state index in [1.54, 1.807) is 25.1 Å². The smallest absolute Gasteiger partial charge is 0.336 e. The molecule has 0 bridgehead atoms. The molecule has 27 heavy (non-hydrogen) atoms. The van der Waals surface area contributed by atoms with Gasteiger partial charge in [0.2, 0.25) is 0 Å². The highest BCUT2D eigenvalue weighted by Gasteiger charge is 2.30. The number of ether oxygens (including phenoxy) is 4. The molecule has 6 nitrogen and oxygen atoms in total. The lowest BCUT2D eigenvalue weighted by molar-refractivity contribution is -0.138. The number of benzene rings is 2. The summed E-state index contributed by atoms with van der Waals surface area (Å²) in [5, 5.41) is 0. The third-order valence-electron chi connectivity index (χ3n) is 3.88. The van der Waals surface area contributed by atoms with Crippen LogP contribution >= 0.6 is 0 Å². The van der Waals surface area contributed by atoms with Gasteiger partial charge in [0.25, 0.3) is 0 Å². The maximum Gasteiger partial charge on any atom is 0.336 e. The van der Waals surface area contributed by atoms with E-state index in [9.17, 15) is 9.59 Å². The zero-order chi connectivity index (χ0) is 19.1. The molecule has 2 aromatic rings. The number of esters is 2. The van der Waals surface area contributed by atoms with Crippen molar-refractivity contribution in [2.75, 3.05) is 13.2 Å². The van der Waals surface area contributed by atoms with Crippen molar-refractivity contribution in [1.82, 2.24) is 0 Å². The summed E-state index contributed by atoms with van der Waals surface area (Å²) in [6, 6.07) is 16.7. The Morgan fingerprint density at radius 2 is 1.74 bits per heavy atom. The Morgan fingerprint density at radius 1 is 1.04 bits per heavy atom. The SMILES string of the molecule is CCOC(=O)/C=C/C(=O)Oc1ccccc1C1OCC(c2ccccc2)O1. The highest BCUT2D eigenvalue weighted by atomic mass is 16.7. The predicted molar refractivity (Wildman–Crippen MR) is 96.8 cm³/mol. The van der Waals surface area contributed by atoms with E-state index in [0.29, 0.717) is 17.9 Å². The van der Waals surface area contributed by atoms with Crippen LogP contribution in [0.25, 0.3) is 0 Å². The summed E-state index contributed by atoms with van der Waals surface area (Å²) < 4.78 is 21.8. The Kier molecular flexibility index (Phi) is 6.35. The summed E-state index contributed by atoms with van der Waals surface area (Å²) >= 11 is 0. The lowest BCUT2D eigenvalue weighted by Gasteiger charge is -2.15. The summed E-state index contributed by atoms with van der Waals surface area (Å²) in [7, 11) is 0. The first kappa shape index (κ1) is 18.8. The topological polar surface area (TPSA) is 71.1 Å². The molecule has 1 aliphatic rings. The number of hydrogen-bond donors (Lipinski definition) is 0. The van der Waals surface area contributed by atoms with Gasteiger partial charge in [-0.05, 0) is 18.6 Å². The van der Waals surface area contributed by atoms with Crippen molar-refractivity contribution in [2.24, 2.45) is 0 Å². The Morgan fingerprint density at radius 3 is 2.52 bits per heavy atom. The van der Waals surface area contributed by atoms with Gasteiger partial charge in [-0.2, -0.15) is 0 Å². The van der Waals surface area contributed by atoms with Crippen LogP contribution in [0.3, 0.4) is 0 Å². The van der Waals surface area contributed by atoms with Gasteiger partial charge in [-0.25, -0.2) is 9.59 Å². The molecule has 2 unspecified atom stereocenters. The van der Waals surface area contributed by atoms with Crippen LogP contribution in [-0.4, -0.2) is 25.2 Å². The molecular weight excluding hydrogens is 348 g/mol. The molecule has 2 aromatic carbocycles. The fraction of sp³-hybridized carbons (Fsp3) is 0.238. The number of hydrogen-bond acceptors (Lipinski definition) is 6. The van der Waals surface area contributed by atoms with E-state index in [1.165, 1.54) is 0 Å². The Labute approximate surface area is 157 Å². The number of para-hydroxylation sites is 1. The van der Waals surface area contributed by atoms with Gasteiger partial charge < -0.3 is 18.9 Å². The molecule has 140 valence electrons. The Hall–Kier alpha value is -2.96. The second-order valence-corrected chi connectivity index (χ2v) is 5.74. The van der Waals surface area contributed by atoms with Crippen molar-refractivity contribution < 1.29 is 28.5 Å². The van der Waals surface area contributed by atoms with Crippen molar-refractivity contribution in [3.05, 3.63) is 77.9 Å². The summed E-state index contributed by atoms with van der Waals surface area (Å²) in [6.45, 7) is 2.32. The monoisotopic (exact) mass is 368 g/mol. The van der Waals surface area contributed by atoms with E-state index in [2.05, 4.69) is 0 Å². The molecule has 0 radical (unpaired) electrons. The second-order valence-electron chi connectivity index (χ2n) is 5.74. The second kappa shape index (κ2) is 9.12. The molecule has 1 fully saturated rings. The molecule has 1 saturated heterocycles. The zero-order valence-corrected chi connectivity index (χ0v) is 14.9. The van der Waals surface area contributed by atoms with Crippen LogP contribution in [0.15, 0.2) is 66.7 Å². The summed E-state index contributed by atoms with van der Waals surface area (Å²) in [5.74, 6) is -0.973. The van der Waals surface area contributed by atoms with Crippen molar-refractivity contribution >= 4 is 11.9 Å². The van der Waals surface area contributed by atoms with E-state index < -0.39 is 18.2 Å². The van der Waals surface area contributed by atoms with Gasteiger partial charge in [-0.3, -0.25) is 0 Å². The predicted octanol–water partition coefficient (Wildman–Crippen LogP) is 3.50. The van der Waals surface area contributed by atoms with Gasteiger partial charge in [0.1, 0.15) is 11.9 Å². The van der Waals surface area contributed by atoms with E-state index >= 15 is 0 Å². The molecule has 0 aromatic heterocycles. The summed E-state index contributed by atoms with van der Waals surface area (Å²) in [5.41, 5.74) is 1.63. The first-order chi connectivity index (χ1) is 13.2. The molecule has 0 N–H and O–H groups in total. The minimum absolute atomic E-state index is 0.191. The molecule has 1 aliphatic heterocycles. The van der Waals surface area contributed by atoms with Crippen LogP contribution in [0, 0.1) is 0 Å². The minimum Gasteiger partial charge on any atom is -0.463 e. The van der Waals surface area contributed by atoms with Crippen LogP contribution < -0.4 is 4.74 Å². The van der Waals surface area contributed by atoms with Crippen molar-refractivity contribution in [1.29, 1.82) is 0 Å². The maximum atomic E-state index is 12.0. The maximum absolute atomic E-state index is 12.0. The molecule has 3 rings (SSSR count). The van der Waals surface area contributed by atoms with Gasteiger partial charge in [-0.1, -0.05) is 48.5 Å². The standard InChI is InChI=1S/C21H20O6/c1-2-24-19(22)12-13-20(23)26-17-11-7-6-10-16(17)21-25-14-18(27-21)15-8-4-3-5-9-15/h3-13,18,21H,2,14H2,1H3/b13-12+. The normalized spacial score (nSPS) is 19.1. The molecule has 0 amide bonds. The van der Waals surface area contributed by atoms with Gasteiger partial charge >= 0.3 is 11.9 Å². The van der Waals surface area contributed by atoms with E-state index in [1.807, 2.05) is 36.4 Å². The third-order valence-corrected chi connectivity index (χ3v) is 3.88. The fourth-order valence-electron chi connectivity index (χ4n) is 2.65. The Balaban J connectivity index is 1.68. The average Bonchev–Trinajstić information content (AvgIpc) is 3.18. The van der Waals surface area contributed by atoms with Crippen molar-refractivity contribution in [2.45, 2.75) is 19.3 Å². The lowest BCUT2D eigenvalue weighted by atomic mass is 10.1. The minimum atomic E-state index is -0.687. The van der Waals surface area contributed by atoms with Crippen LogP contribution in [0.1, 0.15) is 30.4 Å². The largest absolute Gasteiger partial charge is 0.463 e. The molecule has 2 atom stereocenters. The zero-order valence-electron chi connectivity index (χ0n) is 14.9. The van der Waals surface area contributed by atoms with Crippen LogP contribution in [0.2, 0.25) is 0 Å². The summed E-state index contributed by atoms with van der Waals surface area (Å²) in [6.07, 6.45) is 1.22. The average molecular weight is 368 g/mol. The first-order valence-electron chi connectivity index (χ1n) is 8.65. The highest BCUT2D eigenvalue weighted by molar-refractivity contribution is 5.92. The Bertz CT molecular complexity index is 814. The van der Waals surface area contributed by atoms with Gasteiger partial charge in [0.05, 0.1) is 18.8 Å². The van der Waals surface area contributed by atoms with Crippen LogP contribution in [0.4, 0.5) is 0 Å². The van der Waals surface area contributed by atoms with E-state index in [-0.39, 0.29) is 12.7 Å². The number of carbonyl (C=O) groups is 2. The van der Waals surface area contributed by atoms with Crippen molar-refractivity contribution in [3.8, 4) is 5.75 Å². The molecule has 1 heterocycles. The molecule has 0 aliphatic carbocycles. The van der Waals surface area contributed by atoms with Crippen LogP contribution in [0.5, 0.6) is 5.75 Å². The number of carbonyl (C=O) groups excluding carboxylic acids is 2. The van der Waals surface area contributed by atoms with Gasteiger partial charge in [-0.15, -0.1) is 0 Å². The van der Waals surface area contributed by atoms with E-state index in [0.717, 1.165) is 17.7 Å².